The zero-order valence-corrected chi connectivity index (χ0v) is 17.0. The third-order valence-electron chi connectivity index (χ3n) is 4.83. The molecular formula is C20H24N8O2. The van der Waals surface area contributed by atoms with E-state index in [2.05, 4.69) is 31.0 Å². The third-order valence-corrected chi connectivity index (χ3v) is 4.83. The average Bonchev–Trinajstić information content (AvgIpc) is 3.29. The van der Waals surface area contributed by atoms with Crippen molar-refractivity contribution in [3.8, 4) is 5.69 Å². The van der Waals surface area contributed by atoms with Crippen LogP contribution in [0.15, 0.2) is 30.6 Å². The molecule has 10 nitrogen and oxygen atoms in total. The summed E-state index contributed by atoms with van der Waals surface area (Å²) in [6.07, 6.45) is 4.69. The summed E-state index contributed by atoms with van der Waals surface area (Å²) in [4.78, 5) is 28.9. The Kier molecular flexibility index (Phi) is 5.55. The number of hydrogen-bond acceptors (Lipinski definition) is 6. The van der Waals surface area contributed by atoms with E-state index in [9.17, 15) is 9.59 Å². The molecule has 1 aliphatic carbocycles. The number of benzene rings is 1. The number of aryl methyl sites for hydroxylation is 2. The summed E-state index contributed by atoms with van der Waals surface area (Å²) in [7, 11) is 1.81. The Balaban J connectivity index is 1.61. The molecule has 0 spiro atoms. The van der Waals surface area contributed by atoms with Gasteiger partial charge in [0.25, 0.3) is 11.8 Å². The lowest BCUT2D eigenvalue weighted by atomic mass is 10.1. The molecule has 156 valence electrons. The number of aromatic nitrogens is 6. The molecule has 0 atom stereocenters. The number of carbonyl (C=O) groups is 2. The normalized spacial score (nSPS) is 13.3. The molecule has 0 saturated heterocycles. The summed E-state index contributed by atoms with van der Waals surface area (Å²) in [5.74, 6) is 0.339. The highest BCUT2D eigenvalue weighted by molar-refractivity contribution is 5.94. The van der Waals surface area contributed by atoms with E-state index in [1.54, 1.807) is 40.0 Å². The molecule has 0 unspecified atom stereocenters. The Labute approximate surface area is 173 Å². The van der Waals surface area contributed by atoms with Gasteiger partial charge in [-0.05, 0) is 50.5 Å². The molecule has 2 N–H and O–H groups in total. The van der Waals surface area contributed by atoms with Crippen molar-refractivity contribution in [3.63, 3.8) is 0 Å². The van der Waals surface area contributed by atoms with Crippen LogP contribution in [0.2, 0.25) is 0 Å². The monoisotopic (exact) mass is 408 g/mol. The molecule has 0 aliphatic heterocycles. The maximum Gasteiger partial charge on any atom is 0.273 e. The molecule has 1 aromatic carbocycles. The van der Waals surface area contributed by atoms with Crippen LogP contribution in [0.4, 0.5) is 0 Å². The van der Waals surface area contributed by atoms with Crippen molar-refractivity contribution in [2.24, 2.45) is 7.05 Å². The van der Waals surface area contributed by atoms with Gasteiger partial charge < -0.3 is 10.6 Å². The minimum atomic E-state index is -0.216. The molecular weight excluding hydrogens is 384 g/mol. The van der Waals surface area contributed by atoms with Gasteiger partial charge in [0.15, 0.2) is 11.5 Å². The number of rotatable bonds is 8. The van der Waals surface area contributed by atoms with Gasteiger partial charge in [-0.2, -0.15) is 5.10 Å². The smallest absolute Gasteiger partial charge is 0.273 e. The number of hydrogen-bond donors (Lipinski definition) is 2. The number of nitrogens with one attached hydrogen (secondary N) is 2. The van der Waals surface area contributed by atoms with Gasteiger partial charge in [0, 0.05) is 31.6 Å². The van der Waals surface area contributed by atoms with Crippen LogP contribution in [0.1, 0.15) is 52.1 Å². The summed E-state index contributed by atoms with van der Waals surface area (Å²) < 4.78 is 3.29. The fourth-order valence-corrected chi connectivity index (χ4v) is 3.14. The Morgan fingerprint density at radius 1 is 1.13 bits per heavy atom. The van der Waals surface area contributed by atoms with E-state index in [-0.39, 0.29) is 17.9 Å². The lowest BCUT2D eigenvalue weighted by Gasteiger charge is -2.09. The molecule has 4 rings (SSSR count). The quantitative estimate of drug-likeness (QED) is 0.570. The van der Waals surface area contributed by atoms with Crippen LogP contribution in [0, 0.1) is 0 Å². The molecule has 0 radical (unpaired) electrons. The molecule has 1 aliphatic rings. The Morgan fingerprint density at radius 2 is 1.90 bits per heavy atom. The van der Waals surface area contributed by atoms with Crippen molar-refractivity contribution in [2.45, 2.75) is 38.6 Å². The zero-order chi connectivity index (χ0) is 21.1. The van der Waals surface area contributed by atoms with Crippen molar-refractivity contribution in [1.29, 1.82) is 0 Å². The highest BCUT2D eigenvalue weighted by Crippen LogP contribution is 2.21. The molecule has 1 saturated carbocycles. The molecule has 10 heteroatoms. The van der Waals surface area contributed by atoms with E-state index < -0.39 is 0 Å². The highest BCUT2D eigenvalue weighted by atomic mass is 16.2. The van der Waals surface area contributed by atoms with E-state index in [1.165, 1.54) is 0 Å². The molecule has 3 aromatic rings. The van der Waals surface area contributed by atoms with Gasteiger partial charge in [-0.15, -0.1) is 5.10 Å². The second kappa shape index (κ2) is 8.44. The van der Waals surface area contributed by atoms with E-state index in [1.807, 2.05) is 14.0 Å². The molecule has 2 aromatic heterocycles. The van der Waals surface area contributed by atoms with Gasteiger partial charge in [-0.3, -0.25) is 14.3 Å². The maximum absolute atomic E-state index is 12.7. The summed E-state index contributed by atoms with van der Waals surface area (Å²) >= 11 is 0. The first-order valence-electron chi connectivity index (χ1n) is 10.0. The fourth-order valence-electron chi connectivity index (χ4n) is 3.14. The van der Waals surface area contributed by atoms with E-state index in [0.29, 0.717) is 42.2 Å². The Hall–Kier alpha value is -3.56. The topological polar surface area (TPSA) is 120 Å². The van der Waals surface area contributed by atoms with Gasteiger partial charge in [0.05, 0.1) is 11.4 Å². The van der Waals surface area contributed by atoms with Crippen LogP contribution < -0.4 is 10.6 Å². The molecule has 1 fully saturated rings. The van der Waals surface area contributed by atoms with Gasteiger partial charge in [0.1, 0.15) is 6.33 Å². The number of carbonyl (C=O) groups excluding carboxylic acids is 2. The molecule has 30 heavy (non-hydrogen) atoms. The van der Waals surface area contributed by atoms with Crippen molar-refractivity contribution in [2.75, 3.05) is 6.54 Å². The fraction of sp³-hybridized carbons (Fsp3) is 0.400. The highest BCUT2D eigenvalue weighted by Gasteiger charge is 2.28. The van der Waals surface area contributed by atoms with Crippen molar-refractivity contribution >= 4 is 11.8 Å². The average molecular weight is 408 g/mol. The first kappa shape index (κ1) is 19.7. The van der Waals surface area contributed by atoms with Gasteiger partial charge >= 0.3 is 0 Å². The lowest BCUT2D eigenvalue weighted by molar-refractivity contribution is 0.0940. The van der Waals surface area contributed by atoms with E-state index in [4.69, 9.17) is 0 Å². The SMILES string of the molecule is CCNC(=O)c1ccc(-n2nnc(C(=O)NC3CC3)c2CCc2ncn(C)n2)cc1. The van der Waals surface area contributed by atoms with Gasteiger partial charge in [-0.25, -0.2) is 9.67 Å². The predicted octanol–water partition coefficient (Wildman–Crippen LogP) is 0.823. The van der Waals surface area contributed by atoms with Crippen molar-refractivity contribution in [3.05, 3.63) is 53.4 Å². The minimum Gasteiger partial charge on any atom is -0.352 e. The van der Waals surface area contributed by atoms with Crippen LogP contribution in [-0.4, -0.2) is 54.2 Å². The first-order chi connectivity index (χ1) is 14.5. The first-order valence-corrected chi connectivity index (χ1v) is 10.0. The lowest BCUT2D eigenvalue weighted by Crippen LogP contribution is -2.27. The van der Waals surface area contributed by atoms with Gasteiger partial charge in [-0.1, -0.05) is 5.21 Å². The second-order valence-electron chi connectivity index (χ2n) is 7.29. The molecule has 2 heterocycles. The van der Waals surface area contributed by atoms with Crippen LogP contribution >= 0.6 is 0 Å². The van der Waals surface area contributed by atoms with E-state index >= 15 is 0 Å². The van der Waals surface area contributed by atoms with Crippen LogP contribution in [0.25, 0.3) is 5.69 Å². The summed E-state index contributed by atoms with van der Waals surface area (Å²) in [5, 5.41) is 18.4. The van der Waals surface area contributed by atoms with Crippen LogP contribution in [-0.2, 0) is 19.9 Å². The second-order valence-corrected chi connectivity index (χ2v) is 7.29. The minimum absolute atomic E-state index is 0.131. The molecule has 0 bridgehead atoms. The summed E-state index contributed by atoms with van der Waals surface area (Å²) in [6, 6.07) is 7.28. The predicted molar refractivity (Wildman–Crippen MR) is 108 cm³/mol. The number of amides is 2. The Bertz CT molecular complexity index is 1050. The summed E-state index contributed by atoms with van der Waals surface area (Å²) in [6.45, 7) is 2.44. The largest absolute Gasteiger partial charge is 0.352 e. The standard InChI is InChI=1S/C20H24N8O2/c1-3-21-19(29)13-4-8-15(9-5-13)28-16(10-11-17-22-12-27(2)25-17)18(24-26-28)20(30)23-14-6-7-14/h4-5,8-9,12,14H,3,6-7,10-11H2,1-2H3,(H,21,29)(H,23,30). The van der Waals surface area contributed by atoms with Crippen LogP contribution in [0.5, 0.6) is 0 Å². The van der Waals surface area contributed by atoms with Crippen LogP contribution in [0.3, 0.4) is 0 Å². The van der Waals surface area contributed by atoms with Gasteiger partial charge in [0.2, 0.25) is 0 Å². The Morgan fingerprint density at radius 3 is 2.53 bits per heavy atom. The summed E-state index contributed by atoms with van der Waals surface area (Å²) in [5.41, 5.74) is 2.29. The molecule has 2 amide bonds. The zero-order valence-electron chi connectivity index (χ0n) is 17.0. The van der Waals surface area contributed by atoms with E-state index in [0.717, 1.165) is 18.5 Å². The number of nitrogens with zero attached hydrogens (tertiary/aromatic N) is 6. The third kappa shape index (κ3) is 4.37. The van der Waals surface area contributed by atoms with Crippen molar-refractivity contribution in [1.82, 2.24) is 40.4 Å². The van der Waals surface area contributed by atoms with Crippen molar-refractivity contribution < 1.29 is 9.59 Å². The maximum atomic E-state index is 12.7.